The lowest BCUT2D eigenvalue weighted by atomic mass is 10.3. The summed E-state index contributed by atoms with van der Waals surface area (Å²) in [6.45, 7) is 1.84. The molecule has 0 radical (unpaired) electrons. The third-order valence-electron chi connectivity index (χ3n) is 2.58. The molecule has 0 heterocycles. The zero-order valence-electron chi connectivity index (χ0n) is 10.1. The Morgan fingerprint density at radius 1 is 1.35 bits per heavy atom. The van der Waals surface area contributed by atoms with Crippen LogP contribution >= 0.6 is 15.9 Å². The lowest BCUT2D eigenvalue weighted by Crippen LogP contribution is -2.36. The van der Waals surface area contributed by atoms with E-state index in [4.69, 9.17) is 4.74 Å². The van der Waals surface area contributed by atoms with Crippen molar-refractivity contribution in [2.45, 2.75) is 17.9 Å². The molecule has 1 unspecified atom stereocenters. The minimum absolute atomic E-state index is 0.0953. The monoisotopic (exact) mass is 321 g/mol. The van der Waals surface area contributed by atoms with E-state index in [1.54, 1.807) is 38.4 Å². The molecular weight excluding hydrogens is 306 g/mol. The van der Waals surface area contributed by atoms with Gasteiger partial charge in [-0.25, -0.2) is 8.42 Å². The first-order valence-electron chi connectivity index (χ1n) is 5.11. The second-order valence-corrected chi connectivity index (χ2v) is 6.35. The summed E-state index contributed by atoms with van der Waals surface area (Å²) in [6.07, 6.45) is 0. The highest BCUT2D eigenvalue weighted by atomic mass is 79.9. The zero-order valence-corrected chi connectivity index (χ0v) is 12.5. The van der Waals surface area contributed by atoms with Gasteiger partial charge in [0.25, 0.3) is 0 Å². The van der Waals surface area contributed by atoms with Gasteiger partial charge < -0.3 is 4.74 Å². The largest absolute Gasteiger partial charge is 0.497 e. The van der Waals surface area contributed by atoms with Crippen LogP contribution in [-0.4, -0.2) is 38.3 Å². The highest BCUT2D eigenvalue weighted by Crippen LogP contribution is 2.20. The van der Waals surface area contributed by atoms with E-state index in [0.29, 0.717) is 11.1 Å². The van der Waals surface area contributed by atoms with Gasteiger partial charge in [0, 0.05) is 18.4 Å². The van der Waals surface area contributed by atoms with Crippen LogP contribution < -0.4 is 4.74 Å². The standard InChI is InChI=1S/C11H16BrNO3S/c1-9(8-12)13(2)17(14,15)11-6-4-10(16-3)5-7-11/h4-7,9H,8H2,1-3H3. The van der Waals surface area contributed by atoms with Gasteiger partial charge in [0.1, 0.15) is 5.75 Å². The molecule has 1 rings (SSSR count). The van der Waals surface area contributed by atoms with Gasteiger partial charge in [0.15, 0.2) is 0 Å². The Morgan fingerprint density at radius 2 is 1.88 bits per heavy atom. The first-order valence-corrected chi connectivity index (χ1v) is 7.67. The molecule has 0 aliphatic rings. The highest BCUT2D eigenvalue weighted by Gasteiger charge is 2.24. The number of sulfonamides is 1. The molecule has 17 heavy (non-hydrogen) atoms. The molecule has 0 N–H and O–H groups in total. The van der Waals surface area contributed by atoms with Crippen molar-refractivity contribution in [1.82, 2.24) is 4.31 Å². The van der Waals surface area contributed by atoms with Gasteiger partial charge in [0.05, 0.1) is 12.0 Å². The van der Waals surface area contributed by atoms with Crippen molar-refractivity contribution in [3.8, 4) is 5.75 Å². The van der Waals surface area contributed by atoms with Crippen LogP contribution in [0.1, 0.15) is 6.92 Å². The number of rotatable bonds is 5. The molecule has 1 atom stereocenters. The predicted octanol–water partition coefficient (Wildman–Crippen LogP) is 2.10. The summed E-state index contributed by atoms with van der Waals surface area (Å²) in [5.41, 5.74) is 0. The molecule has 0 aromatic heterocycles. The van der Waals surface area contributed by atoms with Crippen molar-refractivity contribution >= 4 is 26.0 Å². The summed E-state index contributed by atoms with van der Waals surface area (Å²) >= 11 is 3.28. The molecule has 0 aliphatic heterocycles. The van der Waals surface area contributed by atoms with E-state index in [1.807, 2.05) is 6.92 Å². The number of hydrogen-bond acceptors (Lipinski definition) is 3. The average molecular weight is 322 g/mol. The topological polar surface area (TPSA) is 46.6 Å². The molecule has 96 valence electrons. The Morgan fingerprint density at radius 3 is 2.29 bits per heavy atom. The van der Waals surface area contributed by atoms with Crippen LogP contribution in [0.4, 0.5) is 0 Å². The van der Waals surface area contributed by atoms with Crippen molar-refractivity contribution in [3.05, 3.63) is 24.3 Å². The van der Waals surface area contributed by atoms with Crippen LogP contribution in [-0.2, 0) is 10.0 Å². The van der Waals surface area contributed by atoms with Crippen LogP contribution in [0.25, 0.3) is 0 Å². The Labute approximate surface area is 111 Å². The predicted molar refractivity (Wildman–Crippen MR) is 71.2 cm³/mol. The molecular formula is C11H16BrNO3S. The number of hydrogen-bond donors (Lipinski definition) is 0. The molecule has 6 heteroatoms. The molecule has 0 fully saturated rings. The lowest BCUT2D eigenvalue weighted by molar-refractivity contribution is 0.411. The van der Waals surface area contributed by atoms with Gasteiger partial charge in [-0.3, -0.25) is 0 Å². The van der Waals surface area contributed by atoms with E-state index in [2.05, 4.69) is 15.9 Å². The van der Waals surface area contributed by atoms with Crippen molar-refractivity contribution < 1.29 is 13.2 Å². The number of alkyl halides is 1. The minimum Gasteiger partial charge on any atom is -0.497 e. The summed E-state index contributed by atoms with van der Waals surface area (Å²) in [6, 6.07) is 6.28. The average Bonchev–Trinajstić information content (AvgIpc) is 2.36. The van der Waals surface area contributed by atoms with Gasteiger partial charge in [-0.15, -0.1) is 0 Å². The fraction of sp³-hybridized carbons (Fsp3) is 0.455. The van der Waals surface area contributed by atoms with Crippen LogP contribution in [0.15, 0.2) is 29.2 Å². The van der Waals surface area contributed by atoms with Gasteiger partial charge in [-0.2, -0.15) is 4.31 Å². The molecule has 0 amide bonds. The van der Waals surface area contributed by atoms with E-state index < -0.39 is 10.0 Å². The lowest BCUT2D eigenvalue weighted by Gasteiger charge is -2.22. The SMILES string of the molecule is COc1ccc(S(=O)(=O)N(C)C(C)CBr)cc1. The maximum absolute atomic E-state index is 12.2. The second kappa shape index (κ2) is 5.84. The van der Waals surface area contributed by atoms with Gasteiger partial charge in [-0.05, 0) is 31.2 Å². The number of methoxy groups -OCH3 is 1. The number of benzene rings is 1. The molecule has 0 saturated heterocycles. The maximum atomic E-state index is 12.2. The van der Waals surface area contributed by atoms with Crippen molar-refractivity contribution in [3.63, 3.8) is 0 Å². The van der Waals surface area contributed by atoms with E-state index in [0.717, 1.165) is 0 Å². The Balaban J connectivity index is 3.04. The Bertz CT molecular complexity index is 458. The number of nitrogens with zero attached hydrogens (tertiary/aromatic N) is 1. The zero-order chi connectivity index (χ0) is 13.1. The summed E-state index contributed by atoms with van der Waals surface area (Å²) in [7, 11) is -0.308. The molecule has 0 spiro atoms. The molecule has 1 aromatic rings. The Hall–Kier alpha value is -0.590. The van der Waals surface area contributed by atoms with E-state index >= 15 is 0 Å². The van der Waals surface area contributed by atoms with Gasteiger partial charge in [0.2, 0.25) is 10.0 Å². The van der Waals surface area contributed by atoms with Crippen LogP contribution in [0.5, 0.6) is 5.75 Å². The fourth-order valence-corrected chi connectivity index (χ4v) is 3.23. The summed E-state index contributed by atoms with van der Waals surface area (Å²) < 4.78 is 30.7. The molecule has 0 aliphatic carbocycles. The fourth-order valence-electron chi connectivity index (χ4n) is 1.25. The molecule has 4 nitrogen and oxygen atoms in total. The first-order chi connectivity index (χ1) is 7.93. The first kappa shape index (κ1) is 14.5. The van der Waals surface area contributed by atoms with E-state index in [9.17, 15) is 8.42 Å². The van der Waals surface area contributed by atoms with E-state index in [1.165, 1.54) is 4.31 Å². The summed E-state index contributed by atoms with van der Waals surface area (Å²) in [4.78, 5) is 0.272. The highest BCUT2D eigenvalue weighted by molar-refractivity contribution is 9.09. The third kappa shape index (κ3) is 3.20. The molecule has 0 saturated carbocycles. The van der Waals surface area contributed by atoms with Gasteiger partial charge >= 0.3 is 0 Å². The van der Waals surface area contributed by atoms with Crippen LogP contribution in [0.2, 0.25) is 0 Å². The molecule has 0 bridgehead atoms. The normalized spacial score (nSPS) is 13.7. The number of halogens is 1. The summed E-state index contributed by atoms with van der Waals surface area (Å²) in [5, 5.41) is 0.596. The quantitative estimate of drug-likeness (QED) is 0.780. The van der Waals surface area contributed by atoms with Crippen molar-refractivity contribution in [1.29, 1.82) is 0 Å². The smallest absolute Gasteiger partial charge is 0.243 e. The van der Waals surface area contributed by atoms with Gasteiger partial charge in [-0.1, -0.05) is 15.9 Å². The van der Waals surface area contributed by atoms with Crippen molar-refractivity contribution in [2.24, 2.45) is 0 Å². The van der Waals surface area contributed by atoms with E-state index in [-0.39, 0.29) is 10.9 Å². The Kier molecular flexibility index (Phi) is 4.97. The third-order valence-corrected chi connectivity index (χ3v) is 5.50. The number of ether oxygens (including phenoxy) is 1. The summed E-state index contributed by atoms with van der Waals surface area (Å²) in [5.74, 6) is 0.639. The molecule has 1 aromatic carbocycles. The minimum atomic E-state index is -3.43. The second-order valence-electron chi connectivity index (χ2n) is 3.70. The van der Waals surface area contributed by atoms with Crippen LogP contribution in [0, 0.1) is 0 Å². The van der Waals surface area contributed by atoms with Crippen molar-refractivity contribution in [2.75, 3.05) is 19.5 Å². The maximum Gasteiger partial charge on any atom is 0.243 e. The van der Waals surface area contributed by atoms with Crippen LogP contribution in [0.3, 0.4) is 0 Å².